The first-order chi connectivity index (χ1) is 7.36. The maximum absolute atomic E-state index is 11.7. The highest BCUT2D eigenvalue weighted by Crippen LogP contribution is 2.17. The first-order valence-corrected chi connectivity index (χ1v) is 5.81. The summed E-state index contributed by atoms with van der Waals surface area (Å²) in [5.41, 5.74) is 0. The zero-order chi connectivity index (χ0) is 10.5. The van der Waals surface area contributed by atoms with Crippen LogP contribution in [0.25, 0.3) is 0 Å². The fourth-order valence-corrected chi connectivity index (χ4v) is 2.11. The number of rotatable bonds is 3. The fourth-order valence-electron chi connectivity index (χ4n) is 2.11. The molecule has 0 radical (unpaired) electrons. The number of hydrogen-bond donors (Lipinski definition) is 1. The van der Waals surface area contributed by atoms with Gasteiger partial charge in [0.1, 0.15) is 0 Å². The van der Waals surface area contributed by atoms with Gasteiger partial charge < -0.3 is 14.8 Å². The van der Waals surface area contributed by atoms with Crippen LogP contribution in [0.5, 0.6) is 0 Å². The van der Waals surface area contributed by atoms with E-state index in [0.717, 1.165) is 32.4 Å². The SMILES string of the molecule is O=C(OC[C@@H]1CCNC1)C1CCOCC1. The third kappa shape index (κ3) is 3.18. The Morgan fingerprint density at radius 3 is 2.80 bits per heavy atom. The van der Waals surface area contributed by atoms with Crippen molar-refractivity contribution in [3.8, 4) is 0 Å². The molecule has 0 aliphatic carbocycles. The fraction of sp³-hybridized carbons (Fsp3) is 0.909. The minimum atomic E-state index is -0.0230. The molecule has 2 aliphatic rings. The van der Waals surface area contributed by atoms with Crippen molar-refractivity contribution < 1.29 is 14.3 Å². The normalized spacial score (nSPS) is 27.9. The lowest BCUT2D eigenvalue weighted by Gasteiger charge is -2.21. The number of nitrogens with one attached hydrogen (secondary N) is 1. The van der Waals surface area contributed by atoms with Gasteiger partial charge in [-0.15, -0.1) is 0 Å². The van der Waals surface area contributed by atoms with Gasteiger partial charge in [-0.3, -0.25) is 4.79 Å². The lowest BCUT2D eigenvalue weighted by molar-refractivity contribution is -0.152. The molecule has 15 heavy (non-hydrogen) atoms. The van der Waals surface area contributed by atoms with Crippen LogP contribution in [-0.2, 0) is 14.3 Å². The number of carbonyl (C=O) groups excluding carboxylic acids is 1. The van der Waals surface area contributed by atoms with E-state index in [4.69, 9.17) is 9.47 Å². The second kappa shape index (κ2) is 5.47. The Morgan fingerprint density at radius 2 is 2.13 bits per heavy atom. The Hall–Kier alpha value is -0.610. The summed E-state index contributed by atoms with van der Waals surface area (Å²) >= 11 is 0. The van der Waals surface area contributed by atoms with E-state index in [1.807, 2.05) is 0 Å². The van der Waals surface area contributed by atoms with Crippen molar-refractivity contribution in [1.82, 2.24) is 5.32 Å². The van der Waals surface area contributed by atoms with Crippen molar-refractivity contribution in [3.63, 3.8) is 0 Å². The van der Waals surface area contributed by atoms with Crippen molar-refractivity contribution in [1.29, 1.82) is 0 Å². The van der Waals surface area contributed by atoms with Crippen LogP contribution in [0.4, 0.5) is 0 Å². The molecule has 0 amide bonds. The van der Waals surface area contributed by atoms with Gasteiger partial charge >= 0.3 is 5.97 Å². The maximum Gasteiger partial charge on any atom is 0.309 e. The van der Waals surface area contributed by atoms with Crippen molar-refractivity contribution >= 4 is 5.97 Å². The Labute approximate surface area is 90.3 Å². The van der Waals surface area contributed by atoms with E-state index in [-0.39, 0.29) is 11.9 Å². The molecular weight excluding hydrogens is 194 g/mol. The molecule has 4 heteroatoms. The van der Waals surface area contributed by atoms with E-state index in [1.165, 1.54) is 0 Å². The van der Waals surface area contributed by atoms with Gasteiger partial charge in [0.05, 0.1) is 12.5 Å². The molecule has 2 fully saturated rings. The topological polar surface area (TPSA) is 47.6 Å². The molecule has 1 atom stereocenters. The lowest BCUT2D eigenvalue weighted by Crippen LogP contribution is -2.27. The number of hydrogen-bond acceptors (Lipinski definition) is 4. The monoisotopic (exact) mass is 213 g/mol. The summed E-state index contributed by atoms with van der Waals surface area (Å²) in [6, 6.07) is 0. The number of ether oxygens (including phenoxy) is 2. The van der Waals surface area contributed by atoms with Crippen LogP contribution in [-0.4, -0.2) is 38.9 Å². The minimum Gasteiger partial charge on any atom is -0.465 e. The Morgan fingerprint density at radius 1 is 1.33 bits per heavy atom. The van der Waals surface area contributed by atoms with E-state index in [2.05, 4.69) is 5.32 Å². The zero-order valence-electron chi connectivity index (χ0n) is 9.04. The number of esters is 1. The van der Waals surface area contributed by atoms with Crippen LogP contribution in [0.1, 0.15) is 19.3 Å². The number of carbonyl (C=O) groups is 1. The molecular formula is C11H19NO3. The molecule has 2 aliphatic heterocycles. The predicted molar refractivity (Wildman–Crippen MR) is 55.5 cm³/mol. The molecule has 2 heterocycles. The molecule has 86 valence electrons. The molecule has 0 spiro atoms. The summed E-state index contributed by atoms with van der Waals surface area (Å²) in [5, 5.41) is 3.26. The van der Waals surface area contributed by atoms with Gasteiger partial charge in [0.2, 0.25) is 0 Å². The van der Waals surface area contributed by atoms with Gasteiger partial charge in [-0.2, -0.15) is 0 Å². The average molecular weight is 213 g/mol. The molecule has 0 aromatic rings. The first kappa shape index (κ1) is 10.9. The molecule has 2 rings (SSSR count). The van der Waals surface area contributed by atoms with Gasteiger partial charge in [0, 0.05) is 25.7 Å². The summed E-state index contributed by atoms with van der Waals surface area (Å²) in [6.45, 7) is 4.03. The quantitative estimate of drug-likeness (QED) is 0.696. The molecule has 4 nitrogen and oxygen atoms in total. The van der Waals surface area contributed by atoms with Crippen LogP contribution in [0.15, 0.2) is 0 Å². The second-order valence-corrected chi connectivity index (χ2v) is 4.38. The molecule has 1 N–H and O–H groups in total. The van der Waals surface area contributed by atoms with E-state index < -0.39 is 0 Å². The molecule has 0 unspecified atom stereocenters. The third-order valence-electron chi connectivity index (χ3n) is 3.18. The highest BCUT2D eigenvalue weighted by atomic mass is 16.5. The van der Waals surface area contributed by atoms with E-state index in [9.17, 15) is 4.79 Å². The minimum absolute atomic E-state index is 0.0230. The van der Waals surface area contributed by atoms with Crippen molar-refractivity contribution in [2.45, 2.75) is 19.3 Å². The molecule has 2 saturated heterocycles. The summed E-state index contributed by atoms with van der Waals surface area (Å²) in [7, 11) is 0. The molecule has 0 saturated carbocycles. The van der Waals surface area contributed by atoms with Gasteiger partial charge in [0.25, 0.3) is 0 Å². The average Bonchev–Trinajstić information content (AvgIpc) is 2.80. The Bertz CT molecular complexity index is 208. The molecule has 0 bridgehead atoms. The van der Waals surface area contributed by atoms with Crippen LogP contribution in [0, 0.1) is 11.8 Å². The Balaban J connectivity index is 1.66. The van der Waals surface area contributed by atoms with E-state index >= 15 is 0 Å². The third-order valence-corrected chi connectivity index (χ3v) is 3.18. The standard InChI is InChI=1S/C11H19NO3/c13-11(10-2-5-14-6-3-10)15-8-9-1-4-12-7-9/h9-10,12H,1-8H2/t9-/m1/s1. The van der Waals surface area contributed by atoms with Crippen LogP contribution >= 0.6 is 0 Å². The van der Waals surface area contributed by atoms with Gasteiger partial charge in [0.15, 0.2) is 0 Å². The van der Waals surface area contributed by atoms with Crippen molar-refractivity contribution in [2.75, 3.05) is 32.9 Å². The zero-order valence-corrected chi connectivity index (χ0v) is 9.04. The summed E-state index contributed by atoms with van der Waals surface area (Å²) in [5.74, 6) is 0.576. The van der Waals surface area contributed by atoms with Gasteiger partial charge in [-0.05, 0) is 25.8 Å². The van der Waals surface area contributed by atoms with Crippen molar-refractivity contribution in [3.05, 3.63) is 0 Å². The lowest BCUT2D eigenvalue weighted by atomic mass is 10.0. The molecule has 0 aromatic heterocycles. The highest BCUT2D eigenvalue weighted by molar-refractivity contribution is 5.72. The summed E-state index contributed by atoms with van der Waals surface area (Å²) in [6.07, 6.45) is 2.77. The van der Waals surface area contributed by atoms with Gasteiger partial charge in [-0.25, -0.2) is 0 Å². The highest BCUT2D eigenvalue weighted by Gasteiger charge is 2.24. The summed E-state index contributed by atoms with van der Waals surface area (Å²) < 4.78 is 10.5. The van der Waals surface area contributed by atoms with Crippen LogP contribution in [0.3, 0.4) is 0 Å². The van der Waals surface area contributed by atoms with Gasteiger partial charge in [-0.1, -0.05) is 0 Å². The van der Waals surface area contributed by atoms with Crippen LogP contribution in [0.2, 0.25) is 0 Å². The first-order valence-electron chi connectivity index (χ1n) is 5.81. The van der Waals surface area contributed by atoms with E-state index in [1.54, 1.807) is 0 Å². The molecule has 0 aromatic carbocycles. The smallest absolute Gasteiger partial charge is 0.309 e. The summed E-state index contributed by atoms with van der Waals surface area (Å²) in [4.78, 5) is 11.7. The maximum atomic E-state index is 11.7. The second-order valence-electron chi connectivity index (χ2n) is 4.38. The van der Waals surface area contributed by atoms with E-state index in [0.29, 0.717) is 25.7 Å². The Kier molecular flexibility index (Phi) is 3.97. The van der Waals surface area contributed by atoms with Crippen LogP contribution < -0.4 is 5.32 Å². The predicted octanol–water partition coefficient (Wildman–Crippen LogP) is 0.566. The van der Waals surface area contributed by atoms with Crippen molar-refractivity contribution in [2.24, 2.45) is 11.8 Å². The largest absolute Gasteiger partial charge is 0.465 e.